The van der Waals surface area contributed by atoms with E-state index in [9.17, 15) is 22.4 Å². The first-order valence-electron chi connectivity index (χ1n) is 10.0. The first-order chi connectivity index (χ1) is 16.0. The van der Waals surface area contributed by atoms with Gasteiger partial charge in [0.25, 0.3) is 11.5 Å². The fraction of sp³-hybridized carbons (Fsp3) is 0.381. The molecular weight excluding hydrogens is 519 g/mol. The summed E-state index contributed by atoms with van der Waals surface area (Å²) in [4.78, 5) is 20.3. The quantitative estimate of drug-likeness (QED) is 0.419. The van der Waals surface area contributed by atoms with Crippen LogP contribution in [-0.4, -0.2) is 28.4 Å². The van der Waals surface area contributed by atoms with Gasteiger partial charge in [-0.15, -0.1) is 11.3 Å². The predicted molar refractivity (Wildman–Crippen MR) is 116 cm³/mol. The number of nitrogens with one attached hydrogen (secondary N) is 1. The number of alkyl halides is 3. The molecule has 3 aliphatic rings. The maximum Gasteiger partial charge on any atom is 0.435 e. The van der Waals surface area contributed by atoms with Gasteiger partial charge in [0.1, 0.15) is 11.4 Å². The average Bonchev–Trinajstić information content (AvgIpc) is 3.10. The summed E-state index contributed by atoms with van der Waals surface area (Å²) < 4.78 is 56.3. The number of thiophene rings is 1. The van der Waals surface area contributed by atoms with Crippen LogP contribution in [-0.2, 0) is 23.5 Å². The molecule has 0 saturated heterocycles. The second kappa shape index (κ2) is 7.73. The van der Waals surface area contributed by atoms with Crippen molar-refractivity contribution < 1.29 is 27.2 Å². The molecule has 1 aromatic carbocycles. The number of hydrogen-bond acceptors (Lipinski definition) is 6. The number of oxime groups is 1. The molecule has 0 radical (unpaired) electrons. The normalized spacial score (nSPS) is 22.6. The highest BCUT2D eigenvalue weighted by Gasteiger charge is 2.63. The van der Waals surface area contributed by atoms with E-state index >= 15 is 0 Å². The van der Waals surface area contributed by atoms with Crippen molar-refractivity contribution in [2.75, 3.05) is 0 Å². The topological polar surface area (TPSA) is 77.7 Å². The van der Waals surface area contributed by atoms with Gasteiger partial charge >= 0.3 is 6.18 Å². The Hall–Kier alpha value is -2.55. The number of halogens is 6. The molecule has 1 N–H and O–H groups in total. The summed E-state index contributed by atoms with van der Waals surface area (Å²) >= 11 is 12.7. The molecule has 2 aliphatic heterocycles. The third-order valence-corrected chi connectivity index (χ3v) is 7.83. The fourth-order valence-electron chi connectivity index (χ4n) is 3.98. The number of fused-ring (bicyclic) bond motifs is 1. The minimum absolute atomic E-state index is 0.0599. The van der Waals surface area contributed by atoms with Crippen molar-refractivity contribution in [3.05, 3.63) is 54.9 Å². The van der Waals surface area contributed by atoms with E-state index in [-0.39, 0.29) is 24.8 Å². The molecular formula is C21H14Cl2F4N4O2S. The van der Waals surface area contributed by atoms with Crippen LogP contribution in [0.25, 0.3) is 0 Å². The van der Waals surface area contributed by atoms with Crippen LogP contribution in [0.4, 0.5) is 17.6 Å². The third-order valence-electron chi connectivity index (χ3n) is 6.12. The standard InChI is InChI=1S/C21H14Cl2F4N4O2S/c22-12-4-11(5-13(23)17(12)24)20(21(25,26)27)6-16(30-33-20)31-7-10-3-14(34-15(10)8-31)18(32)29-19(9-28)1-2-19/h3-5H,1-2,6-8H2,(H,29,32). The first-order valence-corrected chi connectivity index (χ1v) is 11.6. The Bertz CT molecular complexity index is 1240. The van der Waals surface area contributed by atoms with E-state index < -0.39 is 45.2 Å². The maximum atomic E-state index is 14.2. The van der Waals surface area contributed by atoms with Crippen molar-refractivity contribution in [3.63, 3.8) is 0 Å². The maximum absolute atomic E-state index is 14.2. The predicted octanol–water partition coefficient (Wildman–Crippen LogP) is 5.49. The summed E-state index contributed by atoms with van der Waals surface area (Å²) in [7, 11) is 0. The Labute approximate surface area is 204 Å². The minimum Gasteiger partial charge on any atom is -0.372 e. The van der Waals surface area contributed by atoms with Crippen LogP contribution < -0.4 is 5.32 Å². The molecule has 1 amide bonds. The van der Waals surface area contributed by atoms with Crippen molar-refractivity contribution in [1.29, 1.82) is 5.26 Å². The van der Waals surface area contributed by atoms with Gasteiger partial charge in [-0.1, -0.05) is 28.4 Å². The Morgan fingerprint density at radius 3 is 2.47 bits per heavy atom. The van der Waals surface area contributed by atoms with Crippen LogP contribution in [0, 0.1) is 17.1 Å². The lowest BCUT2D eigenvalue weighted by molar-refractivity contribution is -0.275. The molecule has 1 atom stereocenters. The number of carbonyl (C=O) groups excluding carboxylic acids is 1. The SMILES string of the molecule is N#CC1(NC(=O)c2cc3c(s2)CN(C2=NOC(c4cc(Cl)c(F)c(Cl)c4)(C(F)(F)F)C2)C3)CC1. The molecule has 3 heterocycles. The van der Waals surface area contributed by atoms with Crippen LogP contribution in [0.3, 0.4) is 0 Å². The van der Waals surface area contributed by atoms with Crippen LogP contribution in [0.2, 0.25) is 10.0 Å². The third kappa shape index (κ3) is 3.68. The molecule has 0 bridgehead atoms. The molecule has 1 fully saturated rings. The second-order valence-corrected chi connectivity index (χ2v) is 10.4. The molecule has 1 saturated carbocycles. The van der Waals surface area contributed by atoms with Gasteiger partial charge in [0.2, 0.25) is 0 Å². The molecule has 1 aliphatic carbocycles. The van der Waals surface area contributed by atoms with Crippen molar-refractivity contribution in [2.24, 2.45) is 5.16 Å². The van der Waals surface area contributed by atoms with E-state index in [4.69, 9.17) is 33.3 Å². The largest absolute Gasteiger partial charge is 0.435 e. The molecule has 13 heteroatoms. The summed E-state index contributed by atoms with van der Waals surface area (Å²) in [5.41, 5.74) is -3.31. The number of rotatable bonds is 3. The van der Waals surface area contributed by atoms with Gasteiger partial charge in [0, 0.05) is 17.0 Å². The van der Waals surface area contributed by atoms with Crippen LogP contribution >= 0.6 is 34.5 Å². The highest BCUT2D eigenvalue weighted by atomic mass is 35.5. The van der Waals surface area contributed by atoms with Gasteiger partial charge in [-0.25, -0.2) is 4.39 Å². The molecule has 1 aromatic heterocycles. The lowest BCUT2D eigenvalue weighted by Gasteiger charge is -2.30. The van der Waals surface area contributed by atoms with E-state index in [0.29, 0.717) is 17.7 Å². The van der Waals surface area contributed by atoms with E-state index in [2.05, 4.69) is 16.5 Å². The van der Waals surface area contributed by atoms with E-state index in [1.165, 1.54) is 11.3 Å². The van der Waals surface area contributed by atoms with Crippen molar-refractivity contribution in [3.8, 4) is 6.07 Å². The zero-order chi connectivity index (χ0) is 24.5. The van der Waals surface area contributed by atoms with Gasteiger partial charge in [-0.05, 0) is 36.6 Å². The molecule has 2 aromatic rings. The number of carbonyl (C=O) groups is 1. The van der Waals surface area contributed by atoms with Crippen molar-refractivity contribution in [1.82, 2.24) is 10.2 Å². The fourth-order valence-corrected chi connectivity index (χ4v) is 5.55. The molecule has 178 valence electrons. The van der Waals surface area contributed by atoms with E-state index in [0.717, 1.165) is 22.6 Å². The zero-order valence-corrected chi connectivity index (χ0v) is 19.4. The van der Waals surface area contributed by atoms with Crippen LogP contribution in [0.1, 0.15) is 44.9 Å². The van der Waals surface area contributed by atoms with Crippen molar-refractivity contribution in [2.45, 2.75) is 49.7 Å². The lowest BCUT2D eigenvalue weighted by Crippen LogP contribution is -2.44. The summed E-state index contributed by atoms with van der Waals surface area (Å²) in [5.74, 6) is -1.30. The number of benzene rings is 1. The van der Waals surface area contributed by atoms with Crippen LogP contribution in [0.5, 0.6) is 0 Å². The average molecular weight is 533 g/mol. The molecule has 6 nitrogen and oxygen atoms in total. The molecule has 5 rings (SSSR count). The van der Waals surface area contributed by atoms with Gasteiger partial charge in [-0.2, -0.15) is 18.4 Å². The molecule has 1 unspecified atom stereocenters. The number of nitrogens with zero attached hydrogens (tertiary/aromatic N) is 3. The van der Waals surface area contributed by atoms with Gasteiger partial charge < -0.3 is 15.1 Å². The monoisotopic (exact) mass is 532 g/mol. The Kier molecular flexibility index (Phi) is 5.28. The summed E-state index contributed by atoms with van der Waals surface area (Å²) in [5, 5.41) is 14.5. The minimum atomic E-state index is -4.89. The van der Waals surface area contributed by atoms with Crippen molar-refractivity contribution >= 4 is 46.3 Å². The number of amidine groups is 1. The first kappa shape index (κ1) is 23.2. The highest BCUT2D eigenvalue weighted by molar-refractivity contribution is 7.14. The second-order valence-electron chi connectivity index (χ2n) is 8.42. The van der Waals surface area contributed by atoms with Gasteiger partial charge in [-0.3, -0.25) is 4.79 Å². The lowest BCUT2D eigenvalue weighted by atomic mass is 9.89. The summed E-state index contributed by atoms with van der Waals surface area (Å²) in [6, 6.07) is 5.45. The number of hydrogen-bond donors (Lipinski definition) is 1. The summed E-state index contributed by atoms with van der Waals surface area (Å²) in [6.45, 7) is 0.487. The van der Waals surface area contributed by atoms with Gasteiger partial charge in [0.15, 0.2) is 5.82 Å². The number of nitriles is 1. The smallest absolute Gasteiger partial charge is 0.372 e. The Morgan fingerprint density at radius 1 is 1.24 bits per heavy atom. The number of amides is 1. The van der Waals surface area contributed by atoms with Gasteiger partial charge in [0.05, 0.1) is 34.0 Å². The molecule has 0 spiro atoms. The summed E-state index contributed by atoms with van der Waals surface area (Å²) in [6.07, 6.45) is -4.32. The Morgan fingerprint density at radius 2 is 1.91 bits per heavy atom. The van der Waals surface area contributed by atoms with E-state index in [1.807, 2.05) is 0 Å². The Balaban J connectivity index is 1.34. The van der Waals surface area contributed by atoms with Crippen LogP contribution in [0.15, 0.2) is 23.4 Å². The van der Waals surface area contributed by atoms with E-state index in [1.54, 1.807) is 11.0 Å². The highest BCUT2D eigenvalue weighted by Crippen LogP contribution is 2.50. The molecule has 34 heavy (non-hydrogen) atoms. The zero-order valence-electron chi connectivity index (χ0n) is 17.1.